The molecule has 2 fully saturated rings. The van der Waals surface area contributed by atoms with Crippen molar-refractivity contribution in [3.05, 3.63) is 109 Å². The van der Waals surface area contributed by atoms with Crippen molar-refractivity contribution in [3.63, 3.8) is 0 Å². The van der Waals surface area contributed by atoms with Crippen molar-refractivity contribution in [1.82, 2.24) is 29.9 Å². The van der Waals surface area contributed by atoms with Crippen LogP contribution in [0.5, 0.6) is 0 Å². The van der Waals surface area contributed by atoms with E-state index in [0.717, 1.165) is 84.2 Å². The monoisotopic (exact) mass is 920 g/mol. The second-order valence-electron chi connectivity index (χ2n) is 15.3. The van der Waals surface area contributed by atoms with Gasteiger partial charge in [-0.05, 0) is 67.1 Å². The maximum Gasteiger partial charge on any atom is 1.00 e. The van der Waals surface area contributed by atoms with Crippen LogP contribution < -0.4 is 107 Å². The number of hydrogen-bond acceptors (Lipinski definition) is 18. The number of anilines is 10. The predicted octanol–water partition coefficient (Wildman–Crippen LogP) is -4.88. The van der Waals surface area contributed by atoms with Gasteiger partial charge in [0, 0.05) is 53.7 Å². The van der Waals surface area contributed by atoms with Gasteiger partial charge in [-0.15, -0.1) is 17.5 Å². The largest absolute Gasteiger partial charge is 1.00 e. The SMILES string of the molecule is O=S(=O)([O-])c1ccc2c(S(=O)(=O)[O-])c(Nc3nc(Nc4cccc5c(Nc6nc(Nc7[c-]c8cc[c-]cc8cc7)nc(N7CCCC7)n6)cccc45)nc(N4CCCC4)n3)ccc2c1.[Li+].[Li+].[Li+].[Li+]. The quantitative estimate of drug-likeness (QED) is 0.0510. The minimum absolute atomic E-state index is 0. The van der Waals surface area contributed by atoms with E-state index in [-0.39, 0.29) is 104 Å². The summed E-state index contributed by atoms with van der Waals surface area (Å²) in [6.45, 7) is 3.03. The van der Waals surface area contributed by atoms with Gasteiger partial charge < -0.3 is 40.2 Å². The molecule has 0 bridgehead atoms. The molecule has 6 aromatic carbocycles. The van der Waals surface area contributed by atoms with Crippen LogP contribution in [0.4, 0.5) is 58.4 Å². The molecule has 4 heterocycles. The second-order valence-corrected chi connectivity index (χ2v) is 18.0. The Morgan fingerprint density at radius 2 is 1.03 bits per heavy atom. The molecule has 0 atom stereocenters. The molecule has 2 aromatic heterocycles. The number of benzene rings is 6. The van der Waals surface area contributed by atoms with Crippen molar-refractivity contribution in [3.8, 4) is 0 Å². The Balaban J connectivity index is 0.00000190. The van der Waals surface area contributed by atoms with Crippen LogP contribution in [0.2, 0.25) is 0 Å². The van der Waals surface area contributed by atoms with Crippen LogP contribution in [-0.2, 0) is 20.2 Å². The van der Waals surface area contributed by atoms with E-state index in [1.54, 1.807) is 0 Å². The zero-order valence-corrected chi connectivity index (χ0v) is 39.4. The third-order valence-electron chi connectivity index (χ3n) is 11.0. The molecule has 0 unspecified atom stereocenters. The average molecular weight is 921 g/mol. The van der Waals surface area contributed by atoms with Crippen molar-refractivity contribution in [1.29, 1.82) is 0 Å². The molecule has 4 N–H and O–H groups in total. The van der Waals surface area contributed by atoms with E-state index in [4.69, 9.17) is 19.9 Å². The van der Waals surface area contributed by atoms with E-state index in [2.05, 4.69) is 48.3 Å². The molecule has 24 heteroatoms. The van der Waals surface area contributed by atoms with E-state index >= 15 is 0 Å². The molecule has 0 amide bonds. The molecule has 324 valence electrons. The van der Waals surface area contributed by atoms with Gasteiger partial charge in [0.25, 0.3) is 0 Å². The number of rotatable bonds is 12. The van der Waals surface area contributed by atoms with Crippen LogP contribution in [0.15, 0.2) is 107 Å². The fourth-order valence-electron chi connectivity index (χ4n) is 8.01. The molecule has 2 saturated heterocycles. The van der Waals surface area contributed by atoms with Gasteiger partial charge >= 0.3 is 75.4 Å². The summed E-state index contributed by atoms with van der Waals surface area (Å²) in [6.07, 6.45) is 3.91. The van der Waals surface area contributed by atoms with Gasteiger partial charge in [-0.1, -0.05) is 36.4 Å². The summed E-state index contributed by atoms with van der Waals surface area (Å²) in [6, 6.07) is 33.3. The second kappa shape index (κ2) is 21.8. The molecular weight excluding hydrogens is 884 g/mol. The van der Waals surface area contributed by atoms with Crippen LogP contribution >= 0.6 is 0 Å². The first-order valence-corrected chi connectivity index (χ1v) is 23.2. The molecule has 0 aliphatic carbocycles. The number of nitrogens with zero attached hydrogens (tertiary/aromatic N) is 8. The Morgan fingerprint density at radius 1 is 0.515 bits per heavy atom. The van der Waals surface area contributed by atoms with Gasteiger partial charge in [0.05, 0.1) is 15.5 Å². The first-order chi connectivity index (χ1) is 30.9. The number of hydrogen-bond donors (Lipinski definition) is 4. The molecule has 2 aliphatic heterocycles. The van der Waals surface area contributed by atoms with Crippen LogP contribution in [0.25, 0.3) is 32.3 Å². The number of aromatic nitrogens is 6. The molecule has 8 aromatic rings. The molecule has 18 nitrogen and oxygen atoms in total. The summed E-state index contributed by atoms with van der Waals surface area (Å²) in [4.78, 5) is 31.2. The first kappa shape index (κ1) is 52.5. The maximum atomic E-state index is 12.7. The standard InChI is InChI=1S/C44H38N12O6S2.4Li/c57-63(58,59)31-18-19-32-29(26-31)16-20-37(38(32)64(60,61)62)48-42-50-41(53-44(54-42)56-23-5-6-24-56)47-36-14-8-11-33-34(36)12-7-13-35(33)46-40-49-39(51-43(52-40)55-21-3-4-22-55)45-30-17-15-27-9-1-2-10-28(27)25-30;;;;/h2,7-20,26H,3-6,21-24H2,(H,57,58,59)(H,60,61,62)(H2,45,46,49,51,52)(H2,47,48,50,53,54);;;;/q-2;4*+1/p-2. The van der Waals surface area contributed by atoms with E-state index < -0.39 is 30.0 Å². The van der Waals surface area contributed by atoms with Crippen LogP contribution in [0.3, 0.4) is 0 Å². The topological polar surface area (TPSA) is 246 Å². The summed E-state index contributed by atoms with van der Waals surface area (Å²) in [5, 5.41) is 16.5. The molecule has 10 rings (SSSR count). The smallest absolute Gasteiger partial charge is 0.744 e. The Hall–Kier alpha value is -4.87. The molecule has 0 saturated carbocycles. The van der Waals surface area contributed by atoms with E-state index in [1.165, 1.54) is 12.1 Å². The number of nitrogens with one attached hydrogen (secondary N) is 4. The van der Waals surface area contributed by atoms with Crippen molar-refractivity contribution in [2.45, 2.75) is 35.5 Å². The average Bonchev–Trinajstić information content (AvgIpc) is 4.02. The van der Waals surface area contributed by atoms with Crippen LogP contribution in [0.1, 0.15) is 25.7 Å². The van der Waals surface area contributed by atoms with Gasteiger partial charge in [0.2, 0.25) is 35.7 Å². The van der Waals surface area contributed by atoms with E-state index in [1.807, 2.05) is 71.6 Å². The van der Waals surface area contributed by atoms with Crippen LogP contribution in [0, 0.1) is 12.1 Å². The Labute approximate surface area is 440 Å². The van der Waals surface area contributed by atoms with Gasteiger partial charge in [-0.3, -0.25) is 0 Å². The van der Waals surface area contributed by atoms with Crippen molar-refractivity contribution in [2.24, 2.45) is 0 Å². The zero-order valence-electron chi connectivity index (χ0n) is 37.7. The Bertz CT molecular complexity index is 3370. The minimum atomic E-state index is -5.16. The molecule has 2 aliphatic rings. The number of fused-ring (bicyclic) bond motifs is 3. The van der Waals surface area contributed by atoms with Crippen molar-refractivity contribution in [2.75, 3.05) is 57.2 Å². The maximum absolute atomic E-state index is 12.7. The first-order valence-electron chi connectivity index (χ1n) is 20.3. The normalized spacial score (nSPS) is 13.6. The zero-order chi connectivity index (χ0) is 44.0. The summed E-state index contributed by atoms with van der Waals surface area (Å²) in [5.74, 6) is 1.66. The van der Waals surface area contributed by atoms with E-state index in [9.17, 15) is 25.9 Å². The summed E-state index contributed by atoms with van der Waals surface area (Å²) in [7, 11) is -10.0. The molecule has 0 spiro atoms. The van der Waals surface area contributed by atoms with Gasteiger partial charge in [0.15, 0.2) is 0 Å². The molecule has 68 heavy (non-hydrogen) atoms. The summed E-state index contributed by atoms with van der Waals surface area (Å²) in [5.41, 5.74) is 1.92. The fourth-order valence-corrected chi connectivity index (χ4v) is 9.36. The van der Waals surface area contributed by atoms with E-state index in [0.29, 0.717) is 48.3 Å². The molecular formula is C44H36Li4N12O6S2. The summed E-state index contributed by atoms with van der Waals surface area (Å²) >= 11 is 0. The fraction of sp³-hybridized carbons (Fsp3) is 0.182. The third-order valence-corrected chi connectivity index (χ3v) is 12.8. The Kier molecular flexibility index (Phi) is 16.9. The van der Waals surface area contributed by atoms with Crippen molar-refractivity contribution >= 4 is 111 Å². The van der Waals surface area contributed by atoms with Gasteiger partial charge in [0.1, 0.15) is 20.2 Å². The van der Waals surface area contributed by atoms with Crippen LogP contribution in [-0.4, -0.2) is 82.0 Å². The van der Waals surface area contributed by atoms with Gasteiger partial charge in [-0.2, -0.15) is 65.6 Å². The third kappa shape index (κ3) is 11.4. The van der Waals surface area contributed by atoms with Gasteiger partial charge in [-0.25, -0.2) is 16.8 Å². The molecule has 0 radical (unpaired) electrons. The predicted molar refractivity (Wildman–Crippen MR) is 241 cm³/mol. The minimum Gasteiger partial charge on any atom is -0.744 e. The Morgan fingerprint density at radius 3 is 1.56 bits per heavy atom. The van der Waals surface area contributed by atoms with Crippen molar-refractivity contribution < 1.29 is 101 Å². The summed E-state index contributed by atoms with van der Waals surface area (Å²) < 4.78 is 73.2.